The SMILES string of the molecule is CCOC(=O)c1noc(C2=CCC(C(C)C)CC2)c1C. The molecule has 1 aliphatic rings. The van der Waals surface area contributed by atoms with Crippen LogP contribution in [0.2, 0.25) is 0 Å². The zero-order valence-electron chi connectivity index (χ0n) is 12.7. The summed E-state index contributed by atoms with van der Waals surface area (Å²) in [5.41, 5.74) is 2.26. The zero-order chi connectivity index (χ0) is 14.7. The molecule has 1 heterocycles. The lowest BCUT2D eigenvalue weighted by molar-refractivity contribution is 0.0514. The second kappa shape index (κ2) is 6.25. The van der Waals surface area contributed by atoms with Crippen LogP contribution in [0.1, 0.15) is 61.8 Å². The van der Waals surface area contributed by atoms with Crippen molar-refractivity contribution in [2.75, 3.05) is 6.61 Å². The molecule has 1 atom stereocenters. The van der Waals surface area contributed by atoms with Crippen molar-refractivity contribution >= 4 is 11.5 Å². The summed E-state index contributed by atoms with van der Waals surface area (Å²) in [4.78, 5) is 11.7. The Bertz CT molecular complexity index is 514. The van der Waals surface area contributed by atoms with Gasteiger partial charge in [-0.1, -0.05) is 25.1 Å². The van der Waals surface area contributed by atoms with Gasteiger partial charge in [0.05, 0.1) is 6.61 Å². The van der Waals surface area contributed by atoms with Gasteiger partial charge < -0.3 is 9.26 Å². The van der Waals surface area contributed by atoms with E-state index in [2.05, 4.69) is 25.1 Å². The van der Waals surface area contributed by atoms with E-state index in [-0.39, 0.29) is 0 Å². The molecule has 0 aliphatic heterocycles. The first-order valence-electron chi connectivity index (χ1n) is 7.37. The van der Waals surface area contributed by atoms with Crippen LogP contribution in [-0.4, -0.2) is 17.7 Å². The van der Waals surface area contributed by atoms with Gasteiger partial charge in [-0.2, -0.15) is 0 Å². The van der Waals surface area contributed by atoms with Crippen LogP contribution in [-0.2, 0) is 4.74 Å². The van der Waals surface area contributed by atoms with E-state index in [4.69, 9.17) is 9.26 Å². The van der Waals surface area contributed by atoms with Crippen LogP contribution in [0.15, 0.2) is 10.6 Å². The number of carbonyl (C=O) groups excluding carboxylic acids is 1. The Labute approximate surface area is 120 Å². The highest BCUT2D eigenvalue weighted by Gasteiger charge is 2.25. The highest BCUT2D eigenvalue weighted by molar-refractivity contribution is 5.90. The van der Waals surface area contributed by atoms with Crippen molar-refractivity contribution in [1.82, 2.24) is 5.16 Å². The summed E-state index contributed by atoms with van der Waals surface area (Å²) < 4.78 is 10.4. The summed E-state index contributed by atoms with van der Waals surface area (Å²) in [5, 5.41) is 3.87. The number of hydrogen-bond donors (Lipinski definition) is 0. The van der Waals surface area contributed by atoms with Crippen molar-refractivity contribution in [1.29, 1.82) is 0 Å². The summed E-state index contributed by atoms with van der Waals surface area (Å²) in [6.07, 6.45) is 5.46. The molecular formula is C16H23NO3. The van der Waals surface area contributed by atoms with Crippen LogP contribution in [0.25, 0.3) is 5.57 Å². The molecule has 0 radical (unpaired) electrons. The Balaban J connectivity index is 2.17. The van der Waals surface area contributed by atoms with Gasteiger partial charge in [0.2, 0.25) is 0 Å². The molecule has 0 spiro atoms. The quantitative estimate of drug-likeness (QED) is 0.781. The van der Waals surface area contributed by atoms with Gasteiger partial charge in [0.1, 0.15) is 0 Å². The summed E-state index contributed by atoms with van der Waals surface area (Å²) in [6, 6.07) is 0. The minimum Gasteiger partial charge on any atom is -0.461 e. The minimum atomic E-state index is -0.406. The number of aromatic nitrogens is 1. The van der Waals surface area contributed by atoms with Crippen LogP contribution in [0.4, 0.5) is 0 Å². The third-order valence-electron chi connectivity index (χ3n) is 4.08. The van der Waals surface area contributed by atoms with Gasteiger partial charge in [0.25, 0.3) is 0 Å². The average Bonchev–Trinajstić information content (AvgIpc) is 2.81. The van der Waals surface area contributed by atoms with E-state index in [0.29, 0.717) is 18.2 Å². The lowest BCUT2D eigenvalue weighted by Crippen LogP contribution is -2.12. The molecule has 0 N–H and O–H groups in total. The van der Waals surface area contributed by atoms with Gasteiger partial charge >= 0.3 is 5.97 Å². The highest BCUT2D eigenvalue weighted by Crippen LogP contribution is 2.35. The Kier molecular flexibility index (Phi) is 4.63. The van der Waals surface area contributed by atoms with Crippen LogP contribution >= 0.6 is 0 Å². The molecule has 1 aromatic heterocycles. The standard InChI is InChI=1S/C16H23NO3/c1-5-19-16(18)14-11(4)15(20-17-14)13-8-6-12(7-9-13)10(2)3/h8,10,12H,5-7,9H2,1-4H3. The van der Waals surface area contributed by atoms with Crippen molar-refractivity contribution in [2.45, 2.75) is 47.0 Å². The summed E-state index contributed by atoms with van der Waals surface area (Å²) in [5.74, 6) is 1.79. The van der Waals surface area contributed by atoms with Gasteiger partial charge in [-0.15, -0.1) is 0 Å². The van der Waals surface area contributed by atoms with E-state index in [1.54, 1.807) is 6.92 Å². The van der Waals surface area contributed by atoms with Crippen molar-refractivity contribution in [3.05, 3.63) is 23.1 Å². The Morgan fingerprint density at radius 2 is 2.30 bits per heavy atom. The van der Waals surface area contributed by atoms with Crippen LogP contribution < -0.4 is 0 Å². The number of nitrogens with zero attached hydrogens (tertiary/aromatic N) is 1. The zero-order valence-corrected chi connectivity index (χ0v) is 12.7. The lowest BCUT2D eigenvalue weighted by atomic mass is 9.81. The maximum Gasteiger partial charge on any atom is 0.360 e. The molecule has 1 unspecified atom stereocenters. The fraction of sp³-hybridized carbons (Fsp3) is 0.625. The van der Waals surface area contributed by atoms with E-state index in [0.717, 1.165) is 30.1 Å². The van der Waals surface area contributed by atoms with Crippen molar-refractivity contribution < 1.29 is 14.1 Å². The first kappa shape index (κ1) is 14.8. The maximum absolute atomic E-state index is 11.7. The molecule has 2 rings (SSSR count). The Morgan fingerprint density at radius 3 is 2.85 bits per heavy atom. The Morgan fingerprint density at radius 1 is 1.55 bits per heavy atom. The summed E-state index contributed by atoms with van der Waals surface area (Å²) in [7, 11) is 0. The smallest absolute Gasteiger partial charge is 0.360 e. The molecule has 1 aromatic rings. The van der Waals surface area contributed by atoms with Gasteiger partial charge in [-0.05, 0) is 50.5 Å². The van der Waals surface area contributed by atoms with Gasteiger partial charge in [0.15, 0.2) is 11.5 Å². The van der Waals surface area contributed by atoms with Gasteiger partial charge in [0, 0.05) is 5.56 Å². The van der Waals surface area contributed by atoms with Crippen molar-refractivity contribution in [3.8, 4) is 0 Å². The normalized spacial score (nSPS) is 19.1. The molecule has 0 saturated carbocycles. The molecule has 4 heteroatoms. The fourth-order valence-corrected chi connectivity index (χ4v) is 2.69. The number of esters is 1. The van der Waals surface area contributed by atoms with E-state index in [1.165, 1.54) is 12.0 Å². The number of carbonyl (C=O) groups is 1. The van der Waals surface area contributed by atoms with E-state index < -0.39 is 5.97 Å². The predicted molar refractivity (Wildman–Crippen MR) is 77.4 cm³/mol. The van der Waals surface area contributed by atoms with Crippen molar-refractivity contribution in [2.24, 2.45) is 11.8 Å². The average molecular weight is 277 g/mol. The molecule has 1 aliphatic carbocycles. The molecule has 0 amide bonds. The highest BCUT2D eigenvalue weighted by atomic mass is 16.5. The fourth-order valence-electron chi connectivity index (χ4n) is 2.69. The summed E-state index contributed by atoms with van der Waals surface area (Å²) in [6.45, 7) is 8.53. The topological polar surface area (TPSA) is 52.3 Å². The van der Waals surface area contributed by atoms with E-state index >= 15 is 0 Å². The molecule has 0 fully saturated rings. The van der Waals surface area contributed by atoms with Crippen LogP contribution in [0.5, 0.6) is 0 Å². The molecular weight excluding hydrogens is 254 g/mol. The first-order chi connectivity index (χ1) is 9.54. The monoisotopic (exact) mass is 277 g/mol. The Hall–Kier alpha value is -1.58. The molecule has 0 bridgehead atoms. The van der Waals surface area contributed by atoms with Crippen LogP contribution in [0, 0.1) is 18.8 Å². The van der Waals surface area contributed by atoms with Crippen molar-refractivity contribution in [3.63, 3.8) is 0 Å². The number of rotatable bonds is 4. The third-order valence-corrected chi connectivity index (χ3v) is 4.08. The second-order valence-electron chi connectivity index (χ2n) is 5.71. The largest absolute Gasteiger partial charge is 0.461 e. The molecule has 4 nitrogen and oxygen atoms in total. The number of allylic oxidation sites excluding steroid dienone is 2. The first-order valence-corrected chi connectivity index (χ1v) is 7.37. The van der Waals surface area contributed by atoms with Gasteiger partial charge in [-0.3, -0.25) is 0 Å². The lowest BCUT2D eigenvalue weighted by Gasteiger charge is -2.24. The second-order valence-corrected chi connectivity index (χ2v) is 5.71. The number of hydrogen-bond acceptors (Lipinski definition) is 4. The van der Waals surface area contributed by atoms with Gasteiger partial charge in [-0.25, -0.2) is 4.79 Å². The molecule has 0 aromatic carbocycles. The number of ether oxygens (including phenoxy) is 1. The third kappa shape index (κ3) is 2.94. The maximum atomic E-state index is 11.7. The minimum absolute atomic E-state index is 0.300. The molecule has 0 saturated heterocycles. The summed E-state index contributed by atoms with van der Waals surface area (Å²) >= 11 is 0. The van der Waals surface area contributed by atoms with E-state index in [1.807, 2.05) is 6.92 Å². The predicted octanol–water partition coefficient (Wildman–Crippen LogP) is 4.00. The van der Waals surface area contributed by atoms with Crippen LogP contribution in [0.3, 0.4) is 0 Å². The van der Waals surface area contributed by atoms with E-state index in [9.17, 15) is 4.79 Å². The molecule has 110 valence electrons. The molecule has 20 heavy (non-hydrogen) atoms.